The van der Waals surface area contributed by atoms with Gasteiger partial charge in [-0.2, -0.15) is 0 Å². The molecule has 1 saturated carbocycles. The number of nitrogens with zero attached hydrogens (tertiary/aromatic N) is 1. The summed E-state index contributed by atoms with van der Waals surface area (Å²) in [5.74, 6) is -1.25. The van der Waals surface area contributed by atoms with Crippen molar-refractivity contribution in [1.82, 2.24) is 10.3 Å². The summed E-state index contributed by atoms with van der Waals surface area (Å²) in [7, 11) is 0. The minimum absolute atomic E-state index is 0.0301. The number of amides is 1. The summed E-state index contributed by atoms with van der Waals surface area (Å²) in [6, 6.07) is 7.90. The van der Waals surface area contributed by atoms with Crippen LogP contribution in [0.2, 0.25) is 0 Å². The molecule has 1 aromatic carbocycles. The number of hydrogen-bond acceptors (Lipinski definition) is 4. The Morgan fingerprint density at radius 1 is 1.25 bits per heavy atom. The zero-order chi connectivity index (χ0) is 16.9. The number of fused-ring (bicyclic) bond motifs is 1. The number of benzene rings is 1. The molecule has 5 nitrogen and oxygen atoms in total. The molecular weight excluding hydrogens is 324 g/mol. The third-order valence-electron chi connectivity index (χ3n) is 4.56. The second-order valence-electron chi connectivity index (χ2n) is 6.33. The number of aliphatic carboxylic acids is 1. The van der Waals surface area contributed by atoms with Gasteiger partial charge in [-0.05, 0) is 44.2 Å². The number of carboxylic acids is 1. The number of thiazole rings is 1. The van der Waals surface area contributed by atoms with Crippen molar-refractivity contribution in [1.29, 1.82) is 0 Å². The standard InChI is InChI=1S/C18H22N2O3S/c21-16(19-13-8-5-6-12(13)18(22)23)10-3-4-11-17-20-14-7-1-2-9-15(14)24-17/h1-2,7,9,12-13H,3-6,8,10-11H2,(H,19,21)(H,22,23)/t12-,13+/m1/s1. The van der Waals surface area contributed by atoms with Crippen molar-refractivity contribution in [2.24, 2.45) is 5.92 Å². The molecule has 2 atom stereocenters. The number of carboxylic acid groups (broad SMARTS) is 1. The van der Waals surface area contributed by atoms with E-state index in [-0.39, 0.29) is 11.9 Å². The van der Waals surface area contributed by atoms with E-state index in [0.29, 0.717) is 12.8 Å². The first-order chi connectivity index (χ1) is 11.6. The van der Waals surface area contributed by atoms with Gasteiger partial charge in [0.25, 0.3) is 0 Å². The fourth-order valence-electron chi connectivity index (χ4n) is 3.30. The Morgan fingerprint density at radius 2 is 2.08 bits per heavy atom. The number of nitrogens with one attached hydrogen (secondary N) is 1. The molecule has 1 amide bonds. The number of unbranched alkanes of at least 4 members (excludes halogenated alkanes) is 1. The van der Waals surface area contributed by atoms with Gasteiger partial charge in [0.1, 0.15) is 0 Å². The molecule has 2 N–H and O–H groups in total. The van der Waals surface area contributed by atoms with Crippen LogP contribution in [0.4, 0.5) is 0 Å². The maximum atomic E-state index is 12.0. The van der Waals surface area contributed by atoms with Crippen LogP contribution in [0.25, 0.3) is 10.2 Å². The Hall–Kier alpha value is -1.95. The Morgan fingerprint density at radius 3 is 2.88 bits per heavy atom. The van der Waals surface area contributed by atoms with Crippen molar-refractivity contribution in [3.8, 4) is 0 Å². The molecule has 24 heavy (non-hydrogen) atoms. The first-order valence-corrected chi connectivity index (χ1v) is 9.32. The smallest absolute Gasteiger partial charge is 0.308 e. The van der Waals surface area contributed by atoms with Gasteiger partial charge in [0.2, 0.25) is 5.91 Å². The van der Waals surface area contributed by atoms with Crippen molar-refractivity contribution < 1.29 is 14.7 Å². The highest BCUT2D eigenvalue weighted by Gasteiger charge is 2.33. The molecule has 0 aliphatic heterocycles. The summed E-state index contributed by atoms with van der Waals surface area (Å²) in [5, 5.41) is 13.1. The molecular formula is C18H22N2O3S. The monoisotopic (exact) mass is 346 g/mol. The van der Waals surface area contributed by atoms with Crippen LogP contribution < -0.4 is 5.32 Å². The van der Waals surface area contributed by atoms with Gasteiger partial charge in [0.05, 0.1) is 21.1 Å². The first kappa shape index (κ1) is 16.9. The zero-order valence-corrected chi connectivity index (χ0v) is 14.3. The van der Waals surface area contributed by atoms with E-state index in [4.69, 9.17) is 5.11 Å². The van der Waals surface area contributed by atoms with Gasteiger partial charge in [-0.25, -0.2) is 4.98 Å². The minimum Gasteiger partial charge on any atom is -0.481 e. The highest BCUT2D eigenvalue weighted by Crippen LogP contribution is 2.26. The Bertz CT molecular complexity index is 695. The second-order valence-corrected chi connectivity index (χ2v) is 7.45. The number of rotatable bonds is 7. The lowest BCUT2D eigenvalue weighted by Gasteiger charge is -2.17. The largest absolute Gasteiger partial charge is 0.481 e. The third kappa shape index (κ3) is 4.12. The van der Waals surface area contributed by atoms with Gasteiger partial charge in [0, 0.05) is 12.5 Å². The zero-order valence-electron chi connectivity index (χ0n) is 13.5. The number of aromatic nitrogens is 1. The van der Waals surface area contributed by atoms with Gasteiger partial charge in [0.15, 0.2) is 0 Å². The molecule has 6 heteroatoms. The fourth-order valence-corrected chi connectivity index (χ4v) is 4.31. The van der Waals surface area contributed by atoms with Gasteiger partial charge in [-0.15, -0.1) is 11.3 Å². The number of hydrogen-bond donors (Lipinski definition) is 2. The van der Waals surface area contributed by atoms with E-state index >= 15 is 0 Å². The van der Waals surface area contributed by atoms with Crippen LogP contribution in [0.1, 0.15) is 43.5 Å². The summed E-state index contributed by atoms with van der Waals surface area (Å²) >= 11 is 1.71. The summed E-state index contributed by atoms with van der Waals surface area (Å²) in [6.07, 6.45) is 5.36. The highest BCUT2D eigenvalue weighted by atomic mass is 32.1. The molecule has 1 aliphatic rings. The van der Waals surface area contributed by atoms with Crippen molar-refractivity contribution in [3.63, 3.8) is 0 Å². The van der Waals surface area contributed by atoms with Crippen LogP contribution in [-0.2, 0) is 16.0 Å². The summed E-state index contributed by atoms with van der Waals surface area (Å²) in [6.45, 7) is 0. The lowest BCUT2D eigenvalue weighted by atomic mass is 10.0. The van der Waals surface area contributed by atoms with E-state index in [0.717, 1.165) is 42.6 Å². The lowest BCUT2D eigenvalue weighted by molar-refractivity contribution is -0.142. The molecule has 1 fully saturated rings. The van der Waals surface area contributed by atoms with Gasteiger partial charge >= 0.3 is 5.97 Å². The molecule has 0 spiro atoms. The molecule has 128 valence electrons. The van der Waals surface area contributed by atoms with E-state index < -0.39 is 11.9 Å². The average molecular weight is 346 g/mol. The van der Waals surface area contributed by atoms with Crippen molar-refractivity contribution in [2.75, 3.05) is 0 Å². The number of aryl methyl sites for hydroxylation is 1. The van der Waals surface area contributed by atoms with Crippen LogP contribution in [0.5, 0.6) is 0 Å². The Labute approximate surface area is 145 Å². The van der Waals surface area contributed by atoms with Crippen molar-refractivity contribution in [3.05, 3.63) is 29.3 Å². The topological polar surface area (TPSA) is 79.3 Å². The summed E-state index contributed by atoms with van der Waals surface area (Å²) in [4.78, 5) is 27.7. The minimum atomic E-state index is -0.798. The van der Waals surface area contributed by atoms with Crippen LogP contribution >= 0.6 is 11.3 Å². The maximum absolute atomic E-state index is 12.0. The Kier molecular flexibility index (Phi) is 5.45. The van der Waals surface area contributed by atoms with E-state index in [9.17, 15) is 9.59 Å². The molecule has 1 heterocycles. The molecule has 2 aromatic rings. The maximum Gasteiger partial charge on any atom is 0.308 e. The van der Waals surface area contributed by atoms with Gasteiger partial charge in [-0.3, -0.25) is 9.59 Å². The fraction of sp³-hybridized carbons (Fsp3) is 0.500. The molecule has 0 bridgehead atoms. The van der Waals surface area contributed by atoms with E-state index in [1.165, 1.54) is 4.70 Å². The third-order valence-corrected chi connectivity index (χ3v) is 5.66. The predicted octanol–water partition coefficient (Wildman–Crippen LogP) is 3.38. The van der Waals surface area contributed by atoms with E-state index in [2.05, 4.69) is 16.4 Å². The number of carbonyl (C=O) groups is 2. The normalized spacial score (nSPS) is 20.3. The van der Waals surface area contributed by atoms with Crippen LogP contribution in [0, 0.1) is 5.92 Å². The molecule has 0 saturated heterocycles. The molecule has 1 aromatic heterocycles. The summed E-state index contributed by atoms with van der Waals surface area (Å²) < 4.78 is 1.20. The Balaban J connectivity index is 1.40. The average Bonchev–Trinajstić information content (AvgIpc) is 3.17. The van der Waals surface area contributed by atoms with Crippen LogP contribution in [0.3, 0.4) is 0 Å². The number of para-hydroxylation sites is 1. The molecule has 3 rings (SSSR count). The quantitative estimate of drug-likeness (QED) is 0.753. The lowest BCUT2D eigenvalue weighted by Crippen LogP contribution is -2.40. The van der Waals surface area contributed by atoms with E-state index in [1.807, 2.05) is 18.2 Å². The number of carbonyl (C=O) groups excluding carboxylic acids is 1. The van der Waals surface area contributed by atoms with Crippen LogP contribution in [-0.4, -0.2) is 28.0 Å². The molecule has 1 aliphatic carbocycles. The SMILES string of the molecule is O=C(CCCCc1nc2ccccc2s1)N[C@H]1CCC[C@H]1C(=O)O. The first-order valence-electron chi connectivity index (χ1n) is 8.50. The van der Waals surface area contributed by atoms with E-state index in [1.54, 1.807) is 11.3 Å². The molecule has 0 unspecified atom stereocenters. The van der Waals surface area contributed by atoms with Crippen LogP contribution in [0.15, 0.2) is 24.3 Å². The van der Waals surface area contributed by atoms with Crippen molar-refractivity contribution in [2.45, 2.75) is 51.0 Å². The van der Waals surface area contributed by atoms with Crippen molar-refractivity contribution >= 4 is 33.4 Å². The highest BCUT2D eigenvalue weighted by molar-refractivity contribution is 7.18. The predicted molar refractivity (Wildman–Crippen MR) is 94.1 cm³/mol. The second kappa shape index (κ2) is 7.75. The van der Waals surface area contributed by atoms with Gasteiger partial charge in [-0.1, -0.05) is 18.6 Å². The van der Waals surface area contributed by atoms with Gasteiger partial charge < -0.3 is 10.4 Å². The summed E-state index contributed by atoms with van der Waals surface area (Å²) in [5.41, 5.74) is 1.04. The molecule has 0 radical (unpaired) electrons.